The largest absolute Gasteiger partial charge is 0.495 e. The van der Waals surface area contributed by atoms with Crippen LogP contribution in [0.15, 0.2) is 82.8 Å². The van der Waals surface area contributed by atoms with E-state index in [2.05, 4.69) is 15.2 Å². The molecule has 0 aliphatic rings. The second-order valence-electron chi connectivity index (χ2n) is 6.08. The van der Waals surface area contributed by atoms with E-state index in [1.54, 1.807) is 48.5 Å². The van der Waals surface area contributed by atoms with Gasteiger partial charge >= 0.3 is 0 Å². The Hall–Kier alpha value is -3.36. The average Bonchev–Trinajstić information content (AvgIpc) is 2.75. The van der Waals surface area contributed by atoms with Crippen molar-refractivity contribution in [2.75, 3.05) is 11.8 Å². The van der Waals surface area contributed by atoms with Crippen LogP contribution in [0.4, 0.5) is 5.69 Å². The number of nitrogens with one attached hydrogen (secondary N) is 2. The molecule has 0 heterocycles. The normalized spacial score (nSPS) is 11.3. The van der Waals surface area contributed by atoms with Crippen molar-refractivity contribution in [3.63, 3.8) is 0 Å². The van der Waals surface area contributed by atoms with Gasteiger partial charge in [-0.2, -0.15) is 5.10 Å². The lowest BCUT2D eigenvalue weighted by Gasteiger charge is -2.12. The Bertz CT molecular complexity index is 1180. The molecule has 0 atom stereocenters. The quantitative estimate of drug-likeness (QED) is 0.427. The molecule has 9 heteroatoms. The molecule has 2 N–H and O–H groups in total. The van der Waals surface area contributed by atoms with Gasteiger partial charge < -0.3 is 4.74 Å². The number of methoxy groups -OCH3 is 1. The fourth-order valence-corrected chi connectivity index (χ4v) is 3.76. The predicted octanol–water partition coefficient (Wildman–Crippen LogP) is 3.91. The third kappa shape index (κ3) is 5.37. The van der Waals surface area contributed by atoms with Crippen LogP contribution in [0, 0.1) is 0 Å². The zero-order valence-corrected chi connectivity index (χ0v) is 17.4. The van der Waals surface area contributed by atoms with Crippen molar-refractivity contribution in [3.05, 3.63) is 88.9 Å². The van der Waals surface area contributed by atoms with Gasteiger partial charge in [-0.05, 0) is 48.0 Å². The zero-order valence-electron chi connectivity index (χ0n) is 15.9. The summed E-state index contributed by atoms with van der Waals surface area (Å²) in [4.78, 5) is 12.3. The standard InChI is InChI=1S/C21H18ClN3O4S/c1-29-20-8-3-2-7-19(20)25-30(27,28)18-6-4-5-16(13-18)21(26)24-23-14-15-9-11-17(22)12-10-15/h2-14,25H,1H3,(H,24,26). The van der Waals surface area contributed by atoms with Gasteiger partial charge in [0.05, 0.1) is 23.9 Å². The summed E-state index contributed by atoms with van der Waals surface area (Å²) in [6, 6.07) is 19.2. The zero-order chi connectivity index (χ0) is 21.6. The van der Waals surface area contributed by atoms with E-state index in [-0.39, 0.29) is 10.5 Å². The Morgan fingerprint density at radius 1 is 1.03 bits per heavy atom. The maximum Gasteiger partial charge on any atom is 0.271 e. The Morgan fingerprint density at radius 2 is 1.77 bits per heavy atom. The molecule has 0 aliphatic heterocycles. The van der Waals surface area contributed by atoms with Crippen LogP contribution in [0.1, 0.15) is 15.9 Å². The number of rotatable bonds is 7. The van der Waals surface area contributed by atoms with Crippen LogP contribution in [0.3, 0.4) is 0 Å². The highest BCUT2D eigenvalue weighted by Gasteiger charge is 2.18. The highest BCUT2D eigenvalue weighted by atomic mass is 35.5. The van der Waals surface area contributed by atoms with Crippen LogP contribution in [0.5, 0.6) is 5.75 Å². The number of hydrazone groups is 1. The number of hydrogen-bond acceptors (Lipinski definition) is 5. The molecule has 0 aliphatic carbocycles. The van der Waals surface area contributed by atoms with Crippen LogP contribution in [-0.2, 0) is 10.0 Å². The molecule has 0 aromatic heterocycles. The Morgan fingerprint density at radius 3 is 2.50 bits per heavy atom. The summed E-state index contributed by atoms with van der Waals surface area (Å²) in [5.74, 6) is -0.166. The lowest BCUT2D eigenvalue weighted by atomic mass is 10.2. The number of hydrogen-bond donors (Lipinski definition) is 2. The number of carbonyl (C=O) groups excluding carboxylic acids is 1. The molecule has 0 bridgehead atoms. The summed E-state index contributed by atoms with van der Waals surface area (Å²) in [6.07, 6.45) is 1.46. The second kappa shape index (κ2) is 9.43. The van der Waals surface area contributed by atoms with Gasteiger partial charge in [0.15, 0.2) is 0 Å². The minimum Gasteiger partial charge on any atom is -0.495 e. The molecule has 7 nitrogen and oxygen atoms in total. The van der Waals surface area contributed by atoms with E-state index in [9.17, 15) is 13.2 Å². The molecular formula is C21H18ClN3O4S. The molecule has 3 aromatic rings. The topological polar surface area (TPSA) is 96.9 Å². The summed E-state index contributed by atoms with van der Waals surface area (Å²) in [7, 11) is -2.48. The van der Waals surface area contributed by atoms with Gasteiger partial charge in [-0.15, -0.1) is 0 Å². The van der Waals surface area contributed by atoms with E-state index in [1.165, 1.54) is 37.6 Å². The van der Waals surface area contributed by atoms with Crippen molar-refractivity contribution in [2.24, 2.45) is 5.10 Å². The number of para-hydroxylation sites is 2. The third-order valence-corrected chi connectivity index (χ3v) is 5.62. The van der Waals surface area contributed by atoms with Gasteiger partial charge in [0, 0.05) is 10.6 Å². The van der Waals surface area contributed by atoms with Gasteiger partial charge in [0.1, 0.15) is 5.75 Å². The number of benzene rings is 3. The molecule has 0 unspecified atom stereocenters. The highest BCUT2D eigenvalue weighted by Crippen LogP contribution is 2.26. The minimum atomic E-state index is -3.93. The van der Waals surface area contributed by atoms with Gasteiger partial charge in [-0.1, -0.05) is 41.9 Å². The Balaban J connectivity index is 1.74. The van der Waals surface area contributed by atoms with E-state index >= 15 is 0 Å². The van der Waals surface area contributed by atoms with Gasteiger partial charge in [0.2, 0.25) is 0 Å². The number of sulfonamides is 1. The van der Waals surface area contributed by atoms with Gasteiger partial charge in [-0.25, -0.2) is 13.8 Å². The number of anilines is 1. The molecule has 0 spiro atoms. The fraction of sp³-hybridized carbons (Fsp3) is 0.0476. The summed E-state index contributed by atoms with van der Waals surface area (Å²) in [5, 5.41) is 4.47. The lowest BCUT2D eigenvalue weighted by molar-refractivity contribution is 0.0955. The van der Waals surface area contributed by atoms with Gasteiger partial charge in [0.25, 0.3) is 15.9 Å². The predicted molar refractivity (Wildman–Crippen MR) is 117 cm³/mol. The minimum absolute atomic E-state index is 0.0669. The summed E-state index contributed by atoms with van der Waals surface area (Å²) in [6.45, 7) is 0. The SMILES string of the molecule is COc1ccccc1NS(=O)(=O)c1cccc(C(=O)NN=Cc2ccc(Cl)cc2)c1. The van der Waals surface area contributed by atoms with E-state index in [1.807, 2.05) is 0 Å². The molecule has 0 radical (unpaired) electrons. The number of halogens is 1. The van der Waals surface area contributed by atoms with Crippen LogP contribution in [0.25, 0.3) is 0 Å². The third-order valence-electron chi connectivity index (χ3n) is 4.01. The first kappa shape index (κ1) is 21.4. The average molecular weight is 444 g/mol. The van der Waals surface area contributed by atoms with Crippen molar-refractivity contribution >= 4 is 39.4 Å². The Labute approximate surface area is 179 Å². The van der Waals surface area contributed by atoms with Crippen LogP contribution in [-0.4, -0.2) is 27.6 Å². The van der Waals surface area contributed by atoms with Gasteiger partial charge in [-0.3, -0.25) is 9.52 Å². The Kier molecular flexibility index (Phi) is 6.71. The monoisotopic (exact) mass is 443 g/mol. The van der Waals surface area contributed by atoms with Crippen LogP contribution < -0.4 is 14.9 Å². The van der Waals surface area contributed by atoms with Crippen LogP contribution >= 0.6 is 11.6 Å². The first-order valence-corrected chi connectivity index (χ1v) is 10.6. The molecule has 3 aromatic carbocycles. The van der Waals surface area contributed by atoms with Crippen molar-refractivity contribution in [1.82, 2.24) is 5.43 Å². The maximum atomic E-state index is 12.7. The molecule has 0 saturated carbocycles. The number of amides is 1. The smallest absolute Gasteiger partial charge is 0.271 e. The van der Waals surface area contributed by atoms with Crippen molar-refractivity contribution < 1.29 is 17.9 Å². The molecular weight excluding hydrogens is 426 g/mol. The van der Waals surface area contributed by atoms with Crippen LogP contribution in [0.2, 0.25) is 5.02 Å². The fourth-order valence-electron chi connectivity index (χ4n) is 2.52. The summed E-state index contributed by atoms with van der Waals surface area (Å²) >= 11 is 5.82. The number of ether oxygens (including phenoxy) is 1. The molecule has 0 saturated heterocycles. The van der Waals surface area contributed by atoms with E-state index in [4.69, 9.17) is 16.3 Å². The second-order valence-corrected chi connectivity index (χ2v) is 8.20. The molecule has 1 amide bonds. The molecule has 154 valence electrons. The van der Waals surface area contributed by atoms with Crippen molar-refractivity contribution in [3.8, 4) is 5.75 Å². The molecule has 30 heavy (non-hydrogen) atoms. The van der Waals surface area contributed by atoms with E-state index < -0.39 is 15.9 Å². The first-order chi connectivity index (χ1) is 14.4. The van der Waals surface area contributed by atoms with E-state index in [0.717, 1.165) is 5.56 Å². The summed E-state index contributed by atoms with van der Waals surface area (Å²) < 4.78 is 33.1. The highest BCUT2D eigenvalue weighted by molar-refractivity contribution is 7.92. The van der Waals surface area contributed by atoms with Crippen molar-refractivity contribution in [2.45, 2.75) is 4.90 Å². The number of nitrogens with zero attached hydrogens (tertiary/aromatic N) is 1. The van der Waals surface area contributed by atoms with E-state index in [0.29, 0.717) is 16.5 Å². The summed E-state index contributed by atoms with van der Waals surface area (Å²) in [5.41, 5.74) is 3.56. The molecule has 0 fully saturated rings. The maximum absolute atomic E-state index is 12.7. The first-order valence-electron chi connectivity index (χ1n) is 8.74. The lowest BCUT2D eigenvalue weighted by Crippen LogP contribution is -2.19. The molecule has 3 rings (SSSR count). The number of carbonyl (C=O) groups is 1. The van der Waals surface area contributed by atoms with Crippen molar-refractivity contribution in [1.29, 1.82) is 0 Å².